The van der Waals surface area contributed by atoms with Crippen molar-refractivity contribution in [1.29, 1.82) is 0 Å². The zero-order chi connectivity index (χ0) is 18.9. The van der Waals surface area contributed by atoms with Crippen LogP contribution in [0.4, 0.5) is 15.8 Å². The summed E-state index contributed by atoms with van der Waals surface area (Å²) >= 11 is 0. The molecule has 2 N–H and O–H groups in total. The highest BCUT2D eigenvalue weighted by Crippen LogP contribution is 2.40. The topological polar surface area (TPSA) is 36.4 Å². The van der Waals surface area contributed by atoms with E-state index in [9.17, 15) is 4.39 Å². The molecular weight excluding hydrogens is 373 g/mol. The fourth-order valence-electron chi connectivity index (χ4n) is 4.23. The van der Waals surface area contributed by atoms with Gasteiger partial charge in [-0.15, -0.1) is 12.4 Å². The van der Waals surface area contributed by atoms with E-state index in [1.54, 1.807) is 0 Å². The van der Waals surface area contributed by atoms with Gasteiger partial charge in [0.15, 0.2) is 0 Å². The summed E-state index contributed by atoms with van der Waals surface area (Å²) in [6.07, 6.45) is 7.18. The second-order valence-electron chi connectivity index (χ2n) is 8.02. The molecule has 0 unspecified atom stereocenters. The van der Waals surface area contributed by atoms with E-state index in [-0.39, 0.29) is 23.8 Å². The summed E-state index contributed by atoms with van der Waals surface area (Å²) in [5, 5.41) is 7.51. The Kier molecular flexibility index (Phi) is 6.29. The van der Waals surface area contributed by atoms with E-state index in [0.717, 1.165) is 29.9 Å². The first-order valence-corrected chi connectivity index (χ1v) is 10.0. The lowest BCUT2D eigenvalue weighted by Gasteiger charge is -2.41. The van der Waals surface area contributed by atoms with Crippen LogP contribution in [-0.4, -0.2) is 11.4 Å². The summed E-state index contributed by atoms with van der Waals surface area (Å²) in [7, 11) is 0. The number of hydrogen-bond donors (Lipinski definition) is 2. The van der Waals surface area contributed by atoms with Gasteiger partial charge in [-0.05, 0) is 67.6 Å². The van der Waals surface area contributed by atoms with Gasteiger partial charge < -0.3 is 10.6 Å². The van der Waals surface area contributed by atoms with Gasteiger partial charge in [0.25, 0.3) is 0 Å². The van der Waals surface area contributed by atoms with E-state index in [0.29, 0.717) is 6.54 Å². The van der Waals surface area contributed by atoms with Crippen LogP contribution in [-0.2, 0) is 6.54 Å². The van der Waals surface area contributed by atoms with Crippen LogP contribution < -0.4 is 10.6 Å². The second-order valence-corrected chi connectivity index (χ2v) is 8.02. The first kappa shape index (κ1) is 20.7. The summed E-state index contributed by atoms with van der Waals surface area (Å²) in [5.74, 6) is 0.827. The molecular formula is C23H29ClFN3. The Hall–Kier alpha value is -2.07. The van der Waals surface area contributed by atoms with Gasteiger partial charge in [0.05, 0.1) is 23.5 Å². The smallest absolute Gasteiger partial charge is 0.127 e. The van der Waals surface area contributed by atoms with Crippen molar-refractivity contribution in [2.24, 2.45) is 4.99 Å². The van der Waals surface area contributed by atoms with Crippen LogP contribution in [0.5, 0.6) is 0 Å². The van der Waals surface area contributed by atoms with Crippen molar-refractivity contribution in [1.82, 2.24) is 0 Å². The number of amidine groups is 1. The van der Waals surface area contributed by atoms with Gasteiger partial charge in [-0.25, -0.2) is 4.39 Å². The second kappa shape index (κ2) is 8.52. The lowest BCUT2D eigenvalue weighted by molar-refractivity contribution is 0.524. The number of rotatable bonds is 2. The lowest BCUT2D eigenvalue weighted by Crippen LogP contribution is -2.52. The van der Waals surface area contributed by atoms with Crippen LogP contribution in [0, 0.1) is 19.7 Å². The minimum absolute atomic E-state index is 0. The first-order chi connectivity index (χ1) is 13.1. The number of benzene rings is 2. The average Bonchev–Trinajstić information content (AvgIpc) is 2.89. The molecule has 1 saturated carbocycles. The molecule has 1 aliphatic heterocycles. The molecule has 1 fully saturated rings. The Morgan fingerprint density at radius 1 is 0.929 bits per heavy atom. The molecule has 2 aromatic carbocycles. The Balaban J connectivity index is 0.00000225. The predicted octanol–water partition coefficient (Wildman–Crippen LogP) is 6.39. The molecule has 150 valence electrons. The molecule has 0 radical (unpaired) electrons. The maximum absolute atomic E-state index is 13.2. The molecule has 0 amide bonds. The predicted molar refractivity (Wildman–Crippen MR) is 118 cm³/mol. The monoisotopic (exact) mass is 401 g/mol. The molecule has 1 aliphatic carbocycles. The molecule has 3 nitrogen and oxygen atoms in total. The molecule has 1 spiro atoms. The van der Waals surface area contributed by atoms with Gasteiger partial charge in [0.1, 0.15) is 11.7 Å². The first-order valence-electron chi connectivity index (χ1n) is 10.0. The van der Waals surface area contributed by atoms with Gasteiger partial charge in [-0.3, -0.25) is 4.99 Å². The van der Waals surface area contributed by atoms with Gasteiger partial charge >= 0.3 is 0 Å². The highest BCUT2D eigenvalue weighted by Gasteiger charge is 2.40. The van der Waals surface area contributed by atoms with Crippen LogP contribution in [0.25, 0.3) is 0 Å². The lowest BCUT2D eigenvalue weighted by atomic mass is 9.85. The van der Waals surface area contributed by atoms with Gasteiger partial charge in [0, 0.05) is 0 Å². The molecule has 28 heavy (non-hydrogen) atoms. The molecule has 0 saturated heterocycles. The third kappa shape index (κ3) is 4.17. The minimum Gasteiger partial charge on any atom is -0.371 e. The summed E-state index contributed by atoms with van der Waals surface area (Å²) in [5.41, 5.74) is 5.77. The van der Waals surface area contributed by atoms with Crippen LogP contribution in [0.2, 0.25) is 0 Å². The van der Waals surface area contributed by atoms with Gasteiger partial charge in [-0.2, -0.15) is 0 Å². The number of aliphatic imine (C=N–C) groups is 1. The number of nitrogens with zero attached hydrogens (tertiary/aromatic N) is 1. The fourth-order valence-corrected chi connectivity index (χ4v) is 4.23. The number of aryl methyl sites for hydroxylation is 2. The Bertz CT molecular complexity index is 853. The largest absolute Gasteiger partial charge is 0.371 e. The molecule has 2 aliphatic rings. The summed E-state index contributed by atoms with van der Waals surface area (Å²) in [4.78, 5) is 4.97. The maximum Gasteiger partial charge on any atom is 0.127 e. The van der Waals surface area contributed by atoms with Crippen molar-refractivity contribution in [3.05, 3.63) is 58.9 Å². The zero-order valence-corrected chi connectivity index (χ0v) is 17.5. The van der Waals surface area contributed by atoms with E-state index in [1.165, 1.54) is 54.6 Å². The molecule has 2 aromatic rings. The summed E-state index contributed by atoms with van der Waals surface area (Å²) in [6, 6.07) is 11.1. The quantitative estimate of drug-likeness (QED) is 0.611. The highest BCUT2D eigenvalue weighted by molar-refractivity contribution is 6.09. The Morgan fingerprint density at radius 2 is 1.54 bits per heavy atom. The SMILES string of the molecule is Cc1cc2c(cc1C)NC1(CCCCCC1)C(=NCc1ccc(F)cc1)N2.Cl. The van der Waals surface area contributed by atoms with Crippen molar-refractivity contribution in [2.45, 2.75) is 64.5 Å². The van der Waals surface area contributed by atoms with Crippen molar-refractivity contribution in [3.63, 3.8) is 0 Å². The standard InChI is InChI=1S/C23H28FN3.ClH/c1-16-13-20-21(14-17(16)2)27-23(11-5-3-4-6-12-23)22(26-20)25-15-18-7-9-19(24)10-8-18;/h7-10,13-14,27H,3-6,11-12,15H2,1-2H3,(H,25,26);1H. The molecule has 1 heterocycles. The molecule has 0 aromatic heterocycles. The van der Waals surface area contributed by atoms with Crippen molar-refractivity contribution in [3.8, 4) is 0 Å². The summed E-state index contributed by atoms with van der Waals surface area (Å²) in [6.45, 7) is 4.87. The Morgan fingerprint density at radius 3 is 2.18 bits per heavy atom. The van der Waals surface area contributed by atoms with Crippen LogP contribution in [0.15, 0.2) is 41.4 Å². The third-order valence-electron chi connectivity index (χ3n) is 6.00. The molecule has 0 atom stereocenters. The fraction of sp³-hybridized carbons (Fsp3) is 0.435. The average molecular weight is 402 g/mol. The van der Waals surface area contributed by atoms with Crippen LogP contribution in [0.3, 0.4) is 0 Å². The van der Waals surface area contributed by atoms with Gasteiger partial charge in [-0.1, -0.05) is 37.8 Å². The number of nitrogens with one attached hydrogen (secondary N) is 2. The van der Waals surface area contributed by atoms with Gasteiger partial charge in [0.2, 0.25) is 0 Å². The number of halogens is 2. The van der Waals surface area contributed by atoms with E-state index >= 15 is 0 Å². The summed E-state index contributed by atoms with van der Waals surface area (Å²) < 4.78 is 13.2. The maximum atomic E-state index is 13.2. The van der Waals surface area contributed by atoms with E-state index in [2.05, 4.69) is 36.6 Å². The van der Waals surface area contributed by atoms with E-state index < -0.39 is 0 Å². The van der Waals surface area contributed by atoms with Crippen LogP contribution in [0.1, 0.15) is 55.2 Å². The molecule has 5 heteroatoms. The Labute approximate surface area is 173 Å². The minimum atomic E-state index is -0.205. The molecule has 4 rings (SSSR count). The van der Waals surface area contributed by atoms with Crippen molar-refractivity contribution in [2.75, 3.05) is 10.6 Å². The van der Waals surface area contributed by atoms with Crippen molar-refractivity contribution >= 4 is 29.6 Å². The number of fused-ring (bicyclic) bond motifs is 1. The van der Waals surface area contributed by atoms with Crippen molar-refractivity contribution < 1.29 is 4.39 Å². The normalized spacial score (nSPS) is 19.2. The highest BCUT2D eigenvalue weighted by atomic mass is 35.5. The third-order valence-corrected chi connectivity index (χ3v) is 6.00. The number of anilines is 2. The number of hydrogen-bond acceptors (Lipinski definition) is 2. The molecule has 0 bridgehead atoms. The van der Waals surface area contributed by atoms with E-state index in [1.807, 2.05) is 12.1 Å². The van der Waals surface area contributed by atoms with E-state index in [4.69, 9.17) is 4.99 Å². The van der Waals surface area contributed by atoms with Crippen LogP contribution >= 0.6 is 12.4 Å². The zero-order valence-electron chi connectivity index (χ0n) is 16.6.